The lowest BCUT2D eigenvalue weighted by Crippen LogP contribution is -2.32. The van der Waals surface area contributed by atoms with E-state index in [0.717, 1.165) is 11.3 Å². The zero-order valence-electron chi connectivity index (χ0n) is 11.1. The zero-order valence-corrected chi connectivity index (χ0v) is 12.6. The normalized spacial score (nSPS) is 15.9. The largest absolute Gasteiger partial charge is 0.492 e. The van der Waals surface area contributed by atoms with Crippen LogP contribution in [0.4, 0.5) is 0 Å². The second kappa shape index (κ2) is 5.63. The highest BCUT2D eigenvalue weighted by molar-refractivity contribution is 7.89. The first-order valence-corrected chi connectivity index (χ1v) is 8.21. The fraction of sp³-hybridized carbons (Fsp3) is 0.214. The van der Waals surface area contributed by atoms with Crippen molar-refractivity contribution in [1.82, 2.24) is 9.29 Å². The molecule has 0 atom stereocenters. The lowest BCUT2D eigenvalue weighted by molar-refractivity contribution is 0.293. The van der Waals surface area contributed by atoms with Gasteiger partial charge in [0.2, 0.25) is 10.0 Å². The molecule has 0 spiro atoms. The topological polar surface area (TPSA) is 59.5 Å². The predicted molar refractivity (Wildman–Crippen MR) is 78.8 cm³/mol. The van der Waals surface area contributed by atoms with Crippen molar-refractivity contribution in [1.29, 1.82) is 0 Å². The molecule has 0 amide bonds. The molecule has 0 bridgehead atoms. The second-order valence-electron chi connectivity index (χ2n) is 4.61. The molecule has 110 valence electrons. The van der Waals surface area contributed by atoms with Gasteiger partial charge in [-0.05, 0) is 18.2 Å². The van der Waals surface area contributed by atoms with Crippen molar-refractivity contribution in [2.45, 2.75) is 11.4 Å². The van der Waals surface area contributed by atoms with E-state index in [2.05, 4.69) is 4.98 Å². The first kappa shape index (κ1) is 14.3. The van der Waals surface area contributed by atoms with E-state index in [0.29, 0.717) is 6.61 Å². The third kappa shape index (κ3) is 2.88. The fourth-order valence-corrected chi connectivity index (χ4v) is 3.86. The van der Waals surface area contributed by atoms with E-state index in [-0.39, 0.29) is 23.1 Å². The maximum Gasteiger partial charge on any atom is 0.243 e. The van der Waals surface area contributed by atoms with Crippen LogP contribution in [-0.2, 0) is 16.6 Å². The summed E-state index contributed by atoms with van der Waals surface area (Å²) in [6.45, 7) is 0.879. The number of para-hydroxylation sites is 1. The van der Waals surface area contributed by atoms with Crippen LogP contribution in [0.2, 0.25) is 5.15 Å². The summed E-state index contributed by atoms with van der Waals surface area (Å²) in [6.07, 6.45) is 1.39. The molecule has 0 fully saturated rings. The first-order valence-electron chi connectivity index (χ1n) is 6.40. The maximum atomic E-state index is 12.7. The van der Waals surface area contributed by atoms with Crippen molar-refractivity contribution >= 4 is 21.6 Å². The molecule has 1 aliphatic rings. The quantitative estimate of drug-likeness (QED) is 0.795. The average molecular weight is 325 g/mol. The molecule has 0 saturated heterocycles. The molecule has 0 N–H and O–H groups in total. The van der Waals surface area contributed by atoms with Crippen LogP contribution in [0.25, 0.3) is 0 Å². The molecule has 3 rings (SSSR count). The molecule has 1 aromatic heterocycles. The van der Waals surface area contributed by atoms with E-state index in [1.807, 2.05) is 24.3 Å². The van der Waals surface area contributed by atoms with E-state index in [1.54, 1.807) is 0 Å². The van der Waals surface area contributed by atoms with Crippen molar-refractivity contribution in [3.63, 3.8) is 0 Å². The van der Waals surface area contributed by atoms with E-state index in [4.69, 9.17) is 16.3 Å². The van der Waals surface area contributed by atoms with Gasteiger partial charge in [0.15, 0.2) is 0 Å². The molecule has 1 aromatic carbocycles. The van der Waals surface area contributed by atoms with Crippen LogP contribution in [0.5, 0.6) is 5.75 Å². The maximum absolute atomic E-state index is 12.7. The number of sulfonamides is 1. The molecule has 0 unspecified atom stereocenters. The number of hydrogen-bond acceptors (Lipinski definition) is 4. The van der Waals surface area contributed by atoms with Crippen LogP contribution in [0.1, 0.15) is 5.56 Å². The minimum Gasteiger partial charge on any atom is -0.492 e. The van der Waals surface area contributed by atoms with Gasteiger partial charge in [-0.2, -0.15) is 4.31 Å². The van der Waals surface area contributed by atoms with Crippen LogP contribution in [0.15, 0.2) is 47.5 Å². The van der Waals surface area contributed by atoms with E-state index < -0.39 is 10.0 Å². The summed E-state index contributed by atoms with van der Waals surface area (Å²) in [6, 6.07) is 10.2. The molecule has 5 nitrogen and oxygen atoms in total. The van der Waals surface area contributed by atoms with Gasteiger partial charge in [0.1, 0.15) is 17.5 Å². The average Bonchev–Trinajstić information content (AvgIpc) is 2.70. The molecule has 2 heterocycles. The Morgan fingerprint density at radius 3 is 2.86 bits per heavy atom. The van der Waals surface area contributed by atoms with Gasteiger partial charge in [-0.1, -0.05) is 29.8 Å². The van der Waals surface area contributed by atoms with Gasteiger partial charge in [0.25, 0.3) is 0 Å². The van der Waals surface area contributed by atoms with Gasteiger partial charge in [-0.3, -0.25) is 0 Å². The number of halogens is 1. The Kier molecular flexibility index (Phi) is 3.84. The standard InChI is InChI=1S/C14H13ClN2O3S/c15-14-9-12(5-6-16-14)21(18,19)17-7-8-20-13-4-2-1-3-11(13)10-17/h1-6,9H,7-8,10H2. The zero-order chi connectivity index (χ0) is 14.9. The molecule has 7 heteroatoms. The lowest BCUT2D eigenvalue weighted by Gasteiger charge is -2.19. The number of rotatable bonds is 2. The van der Waals surface area contributed by atoms with Crippen molar-refractivity contribution in [3.8, 4) is 5.75 Å². The third-order valence-corrected chi connectivity index (χ3v) is 5.30. The smallest absolute Gasteiger partial charge is 0.243 e. The number of pyridine rings is 1. The number of aromatic nitrogens is 1. The van der Waals surface area contributed by atoms with Gasteiger partial charge in [-0.15, -0.1) is 0 Å². The van der Waals surface area contributed by atoms with Gasteiger partial charge < -0.3 is 4.74 Å². The molecule has 0 saturated carbocycles. The van der Waals surface area contributed by atoms with Gasteiger partial charge in [-0.25, -0.2) is 13.4 Å². The van der Waals surface area contributed by atoms with Crippen molar-refractivity contribution in [2.75, 3.05) is 13.2 Å². The Morgan fingerprint density at radius 1 is 1.24 bits per heavy atom. The molecule has 2 aromatic rings. The van der Waals surface area contributed by atoms with Gasteiger partial charge in [0.05, 0.1) is 4.90 Å². The summed E-state index contributed by atoms with van der Waals surface area (Å²) in [5.41, 5.74) is 0.846. The minimum atomic E-state index is -3.62. The number of benzene rings is 1. The molecule has 0 aliphatic carbocycles. The summed E-state index contributed by atoms with van der Waals surface area (Å²) < 4.78 is 32.4. The summed E-state index contributed by atoms with van der Waals surface area (Å²) in [5, 5.41) is 0.155. The van der Waals surface area contributed by atoms with Crippen LogP contribution < -0.4 is 4.74 Å². The SMILES string of the molecule is O=S(=O)(c1ccnc(Cl)c1)N1CCOc2ccccc2C1. The minimum absolute atomic E-state index is 0.141. The Hall–Kier alpha value is -1.63. The van der Waals surface area contributed by atoms with Crippen LogP contribution >= 0.6 is 11.6 Å². The Balaban J connectivity index is 1.96. The van der Waals surface area contributed by atoms with E-state index in [9.17, 15) is 8.42 Å². The molecule has 21 heavy (non-hydrogen) atoms. The monoisotopic (exact) mass is 324 g/mol. The molecule has 0 radical (unpaired) electrons. The molecular weight excluding hydrogens is 312 g/mol. The number of hydrogen-bond donors (Lipinski definition) is 0. The van der Waals surface area contributed by atoms with Crippen LogP contribution in [0, 0.1) is 0 Å². The van der Waals surface area contributed by atoms with Gasteiger partial charge in [0, 0.05) is 24.8 Å². The lowest BCUT2D eigenvalue weighted by atomic mass is 10.2. The van der Waals surface area contributed by atoms with Crippen molar-refractivity contribution < 1.29 is 13.2 Å². The van der Waals surface area contributed by atoms with E-state index in [1.165, 1.54) is 22.6 Å². The first-order chi connectivity index (χ1) is 10.1. The number of fused-ring (bicyclic) bond motifs is 1. The number of nitrogens with zero attached hydrogens (tertiary/aromatic N) is 2. The Labute approximate surface area is 128 Å². The predicted octanol–water partition coefficient (Wildman–Crippen LogP) is 2.32. The molecule has 1 aliphatic heterocycles. The highest BCUT2D eigenvalue weighted by Gasteiger charge is 2.27. The van der Waals surface area contributed by atoms with Crippen molar-refractivity contribution in [2.24, 2.45) is 0 Å². The van der Waals surface area contributed by atoms with Gasteiger partial charge >= 0.3 is 0 Å². The second-order valence-corrected chi connectivity index (χ2v) is 6.93. The van der Waals surface area contributed by atoms with Crippen molar-refractivity contribution in [3.05, 3.63) is 53.3 Å². The summed E-state index contributed by atoms with van der Waals surface area (Å²) in [7, 11) is -3.62. The number of ether oxygens (including phenoxy) is 1. The van der Waals surface area contributed by atoms with E-state index >= 15 is 0 Å². The summed E-state index contributed by atoms with van der Waals surface area (Å²) in [4.78, 5) is 3.95. The third-order valence-electron chi connectivity index (χ3n) is 3.25. The summed E-state index contributed by atoms with van der Waals surface area (Å²) >= 11 is 5.78. The highest BCUT2D eigenvalue weighted by atomic mass is 35.5. The summed E-state index contributed by atoms with van der Waals surface area (Å²) in [5.74, 6) is 0.725. The Bertz CT molecular complexity index is 764. The highest BCUT2D eigenvalue weighted by Crippen LogP contribution is 2.26. The van der Waals surface area contributed by atoms with Crippen LogP contribution in [-0.4, -0.2) is 30.9 Å². The van der Waals surface area contributed by atoms with Crippen LogP contribution in [0.3, 0.4) is 0 Å². The fourth-order valence-electron chi connectivity index (χ4n) is 2.20. The molecular formula is C14H13ClN2O3S. The Morgan fingerprint density at radius 2 is 2.05 bits per heavy atom.